The molecule has 0 radical (unpaired) electrons. The Morgan fingerprint density at radius 2 is 1.95 bits per heavy atom. The Labute approximate surface area is 122 Å². The van der Waals surface area contributed by atoms with Crippen molar-refractivity contribution < 1.29 is 4.79 Å². The number of anilines is 1. The quantitative estimate of drug-likeness (QED) is 0.637. The van der Waals surface area contributed by atoms with Gasteiger partial charge in [0.2, 0.25) is 5.91 Å². The minimum absolute atomic E-state index is 0.123. The molecule has 0 aliphatic carbocycles. The fourth-order valence-corrected chi connectivity index (χ4v) is 2.22. The first-order chi connectivity index (χ1) is 9.76. The van der Waals surface area contributed by atoms with Crippen LogP contribution in [-0.2, 0) is 11.2 Å². The topological polar surface area (TPSA) is 55.1 Å². The number of amides is 1. The van der Waals surface area contributed by atoms with Gasteiger partial charge in [0.15, 0.2) is 0 Å². The number of rotatable bonds is 10. The van der Waals surface area contributed by atoms with Crippen molar-refractivity contribution >= 4 is 11.6 Å². The maximum Gasteiger partial charge on any atom is 0.224 e. The molecule has 112 valence electrons. The first kappa shape index (κ1) is 16.7. The molecule has 20 heavy (non-hydrogen) atoms. The van der Waals surface area contributed by atoms with Crippen LogP contribution in [0.15, 0.2) is 24.3 Å². The SMILES string of the molecule is CCCCCCCC(=O)Nc1cccc(CCCN)c1. The van der Waals surface area contributed by atoms with Crippen molar-refractivity contribution in [3.8, 4) is 0 Å². The molecule has 0 fully saturated rings. The molecule has 3 nitrogen and oxygen atoms in total. The highest BCUT2D eigenvalue weighted by molar-refractivity contribution is 5.90. The third kappa shape index (κ3) is 7.29. The van der Waals surface area contributed by atoms with Crippen molar-refractivity contribution in [2.45, 2.75) is 58.3 Å². The number of carbonyl (C=O) groups is 1. The highest BCUT2D eigenvalue weighted by Gasteiger charge is 2.03. The van der Waals surface area contributed by atoms with Crippen LogP contribution in [0.1, 0.15) is 57.4 Å². The fraction of sp³-hybridized carbons (Fsp3) is 0.588. The van der Waals surface area contributed by atoms with Gasteiger partial charge in [-0.25, -0.2) is 0 Å². The number of unbranched alkanes of at least 4 members (excludes halogenated alkanes) is 4. The van der Waals surface area contributed by atoms with E-state index in [4.69, 9.17) is 5.73 Å². The van der Waals surface area contributed by atoms with Crippen molar-refractivity contribution in [2.75, 3.05) is 11.9 Å². The van der Waals surface area contributed by atoms with Gasteiger partial charge in [-0.3, -0.25) is 4.79 Å². The van der Waals surface area contributed by atoms with Crippen molar-refractivity contribution in [3.05, 3.63) is 29.8 Å². The molecular weight excluding hydrogens is 248 g/mol. The molecular formula is C17H28N2O. The van der Waals surface area contributed by atoms with Gasteiger partial charge in [0.1, 0.15) is 0 Å². The van der Waals surface area contributed by atoms with Gasteiger partial charge in [0.25, 0.3) is 0 Å². The van der Waals surface area contributed by atoms with Crippen LogP contribution in [-0.4, -0.2) is 12.5 Å². The zero-order chi connectivity index (χ0) is 14.6. The molecule has 0 unspecified atom stereocenters. The second-order valence-corrected chi connectivity index (χ2v) is 5.30. The normalized spacial score (nSPS) is 10.5. The summed E-state index contributed by atoms with van der Waals surface area (Å²) >= 11 is 0. The molecule has 1 aromatic carbocycles. The molecule has 0 aromatic heterocycles. The van der Waals surface area contributed by atoms with E-state index in [-0.39, 0.29) is 5.91 Å². The maximum atomic E-state index is 11.8. The zero-order valence-corrected chi connectivity index (χ0v) is 12.7. The summed E-state index contributed by atoms with van der Waals surface area (Å²) in [5, 5.41) is 2.98. The van der Waals surface area contributed by atoms with E-state index in [9.17, 15) is 4.79 Å². The van der Waals surface area contributed by atoms with Gasteiger partial charge in [0, 0.05) is 12.1 Å². The van der Waals surface area contributed by atoms with E-state index in [0.29, 0.717) is 13.0 Å². The minimum atomic E-state index is 0.123. The lowest BCUT2D eigenvalue weighted by Gasteiger charge is -2.07. The lowest BCUT2D eigenvalue weighted by atomic mass is 10.1. The van der Waals surface area contributed by atoms with E-state index in [0.717, 1.165) is 31.4 Å². The molecule has 0 aliphatic heterocycles. The average molecular weight is 276 g/mol. The molecule has 0 saturated heterocycles. The Morgan fingerprint density at radius 1 is 1.15 bits per heavy atom. The largest absolute Gasteiger partial charge is 0.330 e. The van der Waals surface area contributed by atoms with Crippen LogP contribution < -0.4 is 11.1 Å². The van der Waals surface area contributed by atoms with Crippen molar-refractivity contribution in [2.24, 2.45) is 5.73 Å². The maximum absolute atomic E-state index is 11.8. The van der Waals surface area contributed by atoms with Gasteiger partial charge >= 0.3 is 0 Å². The number of carbonyl (C=O) groups excluding carboxylic acids is 1. The monoisotopic (exact) mass is 276 g/mol. The minimum Gasteiger partial charge on any atom is -0.330 e. The predicted molar refractivity (Wildman–Crippen MR) is 85.8 cm³/mol. The van der Waals surface area contributed by atoms with Crippen LogP contribution >= 0.6 is 0 Å². The Morgan fingerprint density at radius 3 is 2.70 bits per heavy atom. The van der Waals surface area contributed by atoms with Gasteiger partial charge in [-0.15, -0.1) is 0 Å². The number of hydrogen-bond acceptors (Lipinski definition) is 2. The highest BCUT2D eigenvalue weighted by atomic mass is 16.1. The van der Waals surface area contributed by atoms with Gasteiger partial charge in [-0.05, 0) is 43.5 Å². The molecule has 0 bridgehead atoms. The van der Waals surface area contributed by atoms with E-state index in [1.807, 2.05) is 18.2 Å². The van der Waals surface area contributed by atoms with Crippen LogP contribution in [0.3, 0.4) is 0 Å². The fourth-order valence-electron chi connectivity index (χ4n) is 2.22. The van der Waals surface area contributed by atoms with Crippen LogP contribution in [0.5, 0.6) is 0 Å². The summed E-state index contributed by atoms with van der Waals surface area (Å²) in [5.74, 6) is 0.123. The van der Waals surface area contributed by atoms with Gasteiger partial charge in [-0.1, -0.05) is 44.7 Å². The van der Waals surface area contributed by atoms with Crippen molar-refractivity contribution in [3.63, 3.8) is 0 Å². The molecule has 3 heteroatoms. The van der Waals surface area contributed by atoms with Crippen molar-refractivity contribution in [1.82, 2.24) is 0 Å². The Hall–Kier alpha value is -1.35. The Balaban J connectivity index is 2.30. The third-order valence-electron chi connectivity index (χ3n) is 3.39. The highest BCUT2D eigenvalue weighted by Crippen LogP contribution is 2.13. The first-order valence-electron chi connectivity index (χ1n) is 7.85. The number of hydrogen-bond donors (Lipinski definition) is 2. The van der Waals surface area contributed by atoms with E-state index in [2.05, 4.69) is 18.3 Å². The van der Waals surface area contributed by atoms with Crippen LogP contribution in [0.2, 0.25) is 0 Å². The molecule has 0 atom stereocenters. The second kappa shape index (κ2) is 10.4. The summed E-state index contributed by atoms with van der Waals surface area (Å²) in [6.45, 7) is 2.90. The number of nitrogens with one attached hydrogen (secondary N) is 1. The Kier molecular flexibility index (Phi) is 8.72. The molecule has 1 rings (SSSR count). The molecule has 1 amide bonds. The van der Waals surface area contributed by atoms with E-state index in [1.54, 1.807) is 0 Å². The first-order valence-corrected chi connectivity index (χ1v) is 7.85. The van der Waals surface area contributed by atoms with E-state index >= 15 is 0 Å². The van der Waals surface area contributed by atoms with Crippen LogP contribution in [0.25, 0.3) is 0 Å². The van der Waals surface area contributed by atoms with Crippen molar-refractivity contribution in [1.29, 1.82) is 0 Å². The summed E-state index contributed by atoms with van der Waals surface area (Å²) in [5.41, 5.74) is 7.65. The predicted octanol–water partition coefficient (Wildman–Crippen LogP) is 3.88. The van der Waals surface area contributed by atoms with Gasteiger partial charge in [-0.2, -0.15) is 0 Å². The molecule has 0 spiro atoms. The summed E-state index contributed by atoms with van der Waals surface area (Å²) < 4.78 is 0. The summed E-state index contributed by atoms with van der Waals surface area (Å²) in [7, 11) is 0. The standard InChI is InChI=1S/C17H28N2O/c1-2-3-4-5-6-12-17(20)19-16-11-7-9-15(14-16)10-8-13-18/h7,9,11,14H,2-6,8,10,12-13,18H2,1H3,(H,19,20). The number of nitrogens with two attached hydrogens (primary N) is 1. The second-order valence-electron chi connectivity index (χ2n) is 5.30. The lowest BCUT2D eigenvalue weighted by molar-refractivity contribution is -0.116. The number of benzene rings is 1. The van der Waals surface area contributed by atoms with E-state index < -0.39 is 0 Å². The molecule has 0 saturated carbocycles. The van der Waals surface area contributed by atoms with Crippen LogP contribution in [0, 0.1) is 0 Å². The van der Waals surface area contributed by atoms with E-state index in [1.165, 1.54) is 24.8 Å². The average Bonchev–Trinajstić information content (AvgIpc) is 2.45. The summed E-state index contributed by atoms with van der Waals surface area (Å²) in [6.07, 6.45) is 8.45. The molecule has 1 aromatic rings. The summed E-state index contributed by atoms with van der Waals surface area (Å²) in [6, 6.07) is 8.06. The number of aryl methyl sites for hydroxylation is 1. The lowest BCUT2D eigenvalue weighted by Crippen LogP contribution is -2.11. The smallest absolute Gasteiger partial charge is 0.224 e. The van der Waals surface area contributed by atoms with Crippen LogP contribution in [0.4, 0.5) is 5.69 Å². The molecule has 0 aliphatic rings. The molecule has 0 heterocycles. The summed E-state index contributed by atoms with van der Waals surface area (Å²) in [4.78, 5) is 11.8. The Bertz CT molecular complexity index is 390. The zero-order valence-electron chi connectivity index (χ0n) is 12.7. The third-order valence-corrected chi connectivity index (χ3v) is 3.39. The van der Waals surface area contributed by atoms with Gasteiger partial charge in [0.05, 0.1) is 0 Å². The van der Waals surface area contributed by atoms with Gasteiger partial charge < -0.3 is 11.1 Å². The molecule has 3 N–H and O–H groups in total.